The molecule has 0 aliphatic rings. The minimum absolute atomic E-state index is 0.0299. The highest BCUT2D eigenvalue weighted by molar-refractivity contribution is 7.91. The molecule has 0 fully saturated rings. The molecule has 0 aliphatic carbocycles. The summed E-state index contributed by atoms with van der Waals surface area (Å²) in [5.41, 5.74) is 0.460. The van der Waals surface area contributed by atoms with Crippen molar-refractivity contribution in [1.82, 2.24) is 14.3 Å². The van der Waals surface area contributed by atoms with Crippen LogP contribution in [0.2, 0.25) is 0 Å². The number of aromatic nitrogens is 2. The van der Waals surface area contributed by atoms with Gasteiger partial charge in [0.15, 0.2) is 0 Å². The first-order valence-electron chi connectivity index (χ1n) is 9.19. The molecular weight excluding hydrogens is 426 g/mol. The molecule has 0 spiro atoms. The van der Waals surface area contributed by atoms with E-state index in [1.807, 2.05) is 4.57 Å². The molecule has 1 heterocycles. The molecule has 0 bridgehead atoms. The predicted octanol–water partition coefficient (Wildman–Crippen LogP) is 2.40. The van der Waals surface area contributed by atoms with Crippen molar-refractivity contribution in [1.29, 1.82) is 0 Å². The van der Waals surface area contributed by atoms with Gasteiger partial charge in [0.25, 0.3) is 0 Å². The van der Waals surface area contributed by atoms with E-state index in [0.717, 1.165) is 0 Å². The summed E-state index contributed by atoms with van der Waals surface area (Å²) in [5.74, 6) is 0.399. The van der Waals surface area contributed by atoms with Crippen LogP contribution in [0.4, 0.5) is 0 Å². The summed E-state index contributed by atoms with van der Waals surface area (Å²) in [6, 6.07) is 10.1. The second-order valence-corrected chi connectivity index (χ2v) is 10.3. The minimum atomic E-state index is -3.91. The van der Waals surface area contributed by atoms with Gasteiger partial charge in [-0.25, -0.2) is 26.5 Å². The zero-order chi connectivity index (χ0) is 21.8. The molecule has 1 N–H and O–H groups in total. The van der Waals surface area contributed by atoms with E-state index in [9.17, 15) is 16.8 Å². The van der Waals surface area contributed by atoms with E-state index in [1.165, 1.54) is 37.4 Å². The number of nitrogens with one attached hydrogen (secondary N) is 1. The van der Waals surface area contributed by atoms with E-state index in [0.29, 0.717) is 24.3 Å². The van der Waals surface area contributed by atoms with Gasteiger partial charge in [0.1, 0.15) is 5.75 Å². The van der Waals surface area contributed by atoms with Crippen LogP contribution < -0.4 is 9.46 Å². The molecule has 0 atom stereocenters. The number of sulfonamides is 1. The third kappa shape index (κ3) is 4.89. The van der Waals surface area contributed by atoms with Crippen LogP contribution in [0.5, 0.6) is 5.75 Å². The van der Waals surface area contributed by atoms with Crippen molar-refractivity contribution < 1.29 is 21.6 Å². The molecule has 1 aromatic heterocycles. The maximum atomic E-state index is 13.0. The van der Waals surface area contributed by atoms with Crippen molar-refractivity contribution in [3.8, 4) is 5.75 Å². The number of hydrogen-bond donors (Lipinski definition) is 1. The minimum Gasteiger partial charge on any atom is -0.497 e. The van der Waals surface area contributed by atoms with Crippen LogP contribution in [0.25, 0.3) is 0 Å². The van der Waals surface area contributed by atoms with E-state index in [1.54, 1.807) is 37.8 Å². The first-order valence-corrected chi connectivity index (χ1v) is 12.2. The molecule has 3 rings (SSSR count). The van der Waals surface area contributed by atoms with Crippen molar-refractivity contribution in [2.75, 3.05) is 13.7 Å². The monoisotopic (exact) mass is 449 g/mol. The Kier molecular flexibility index (Phi) is 6.59. The van der Waals surface area contributed by atoms with Crippen molar-refractivity contribution in [3.63, 3.8) is 0 Å². The molecule has 0 unspecified atom stereocenters. The second kappa shape index (κ2) is 8.99. The number of aryl methyl sites for hydroxylation is 2. The van der Waals surface area contributed by atoms with Gasteiger partial charge >= 0.3 is 0 Å². The Labute approximate surface area is 176 Å². The van der Waals surface area contributed by atoms with Crippen LogP contribution in [0.15, 0.2) is 75.9 Å². The molecule has 0 saturated heterocycles. The number of sulfone groups is 1. The van der Waals surface area contributed by atoms with Gasteiger partial charge in [0.05, 0.1) is 28.1 Å². The summed E-state index contributed by atoms with van der Waals surface area (Å²) in [6.07, 6.45) is 5.68. The van der Waals surface area contributed by atoms with Crippen molar-refractivity contribution in [2.24, 2.45) is 0 Å². The summed E-state index contributed by atoms with van der Waals surface area (Å²) >= 11 is 0. The van der Waals surface area contributed by atoms with Gasteiger partial charge in [-0.05, 0) is 49.2 Å². The molecule has 10 heteroatoms. The summed E-state index contributed by atoms with van der Waals surface area (Å²) in [5, 5.41) is 0. The quantitative estimate of drug-likeness (QED) is 0.503. The Balaban J connectivity index is 1.83. The maximum absolute atomic E-state index is 13.0. The Morgan fingerprint density at radius 1 is 1.07 bits per heavy atom. The van der Waals surface area contributed by atoms with Crippen LogP contribution >= 0.6 is 0 Å². The summed E-state index contributed by atoms with van der Waals surface area (Å²) in [7, 11) is -6.34. The van der Waals surface area contributed by atoms with Crippen LogP contribution in [-0.2, 0) is 26.4 Å². The molecule has 8 nitrogen and oxygen atoms in total. The summed E-state index contributed by atoms with van der Waals surface area (Å²) in [6.45, 7) is 2.46. The fraction of sp³-hybridized carbons (Fsp3) is 0.250. The van der Waals surface area contributed by atoms with Gasteiger partial charge in [0, 0.05) is 25.5 Å². The van der Waals surface area contributed by atoms with Crippen molar-refractivity contribution in [3.05, 3.63) is 66.7 Å². The van der Waals surface area contributed by atoms with Gasteiger partial charge in [-0.3, -0.25) is 0 Å². The number of rotatable bonds is 9. The number of nitrogens with zero attached hydrogens (tertiary/aromatic N) is 2. The average Bonchev–Trinajstić information content (AvgIpc) is 3.25. The van der Waals surface area contributed by atoms with Crippen molar-refractivity contribution in [2.45, 2.75) is 34.6 Å². The molecule has 0 saturated carbocycles. The van der Waals surface area contributed by atoms with Crippen LogP contribution in [0, 0.1) is 6.92 Å². The third-order valence-corrected chi connectivity index (χ3v) is 7.91. The first-order chi connectivity index (χ1) is 14.2. The van der Waals surface area contributed by atoms with Crippen LogP contribution in [0.1, 0.15) is 12.0 Å². The lowest BCUT2D eigenvalue weighted by Crippen LogP contribution is -2.26. The van der Waals surface area contributed by atoms with Gasteiger partial charge < -0.3 is 9.30 Å². The molecular formula is C20H23N3O5S2. The summed E-state index contributed by atoms with van der Waals surface area (Å²) < 4.78 is 61.1. The highest BCUT2D eigenvalue weighted by Gasteiger charge is 2.23. The number of methoxy groups -OCH3 is 1. The zero-order valence-electron chi connectivity index (χ0n) is 16.6. The van der Waals surface area contributed by atoms with Crippen LogP contribution in [-0.4, -0.2) is 40.0 Å². The SMILES string of the molecule is COc1cccc(S(=O)(=O)c2ccc(C)c(S(=O)(=O)NCCCn3ccnc3)c2)c1. The number of benzene rings is 2. The normalized spacial score (nSPS) is 12.1. The molecule has 0 radical (unpaired) electrons. The second-order valence-electron chi connectivity index (χ2n) is 6.66. The largest absolute Gasteiger partial charge is 0.497 e. The van der Waals surface area contributed by atoms with E-state index < -0.39 is 19.9 Å². The first kappa shape index (κ1) is 22.0. The van der Waals surface area contributed by atoms with Crippen LogP contribution in [0.3, 0.4) is 0 Å². The average molecular weight is 450 g/mol. The lowest BCUT2D eigenvalue weighted by Gasteiger charge is -2.12. The maximum Gasteiger partial charge on any atom is 0.240 e. The predicted molar refractivity (Wildman–Crippen MR) is 112 cm³/mol. The van der Waals surface area contributed by atoms with Crippen molar-refractivity contribution >= 4 is 19.9 Å². The zero-order valence-corrected chi connectivity index (χ0v) is 18.3. The van der Waals surface area contributed by atoms with E-state index in [2.05, 4.69) is 9.71 Å². The Bertz CT molecular complexity index is 1220. The van der Waals surface area contributed by atoms with E-state index in [-0.39, 0.29) is 21.2 Å². The molecule has 0 amide bonds. The smallest absolute Gasteiger partial charge is 0.240 e. The summed E-state index contributed by atoms with van der Waals surface area (Å²) in [4.78, 5) is 3.81. The lowest BCUT2D eigenvalue weighted by atomic mass is 10.2. The van der Waals surface area contributed by atoms with Gasteiger partial charge in [-0.1, -0.05) is 12.1 Å². The van der Waals surface area contributed by atoms with Gasteiger partial charge in [-0.15, -0.1) is 0 Å². The third-order valence-electron chi connectivity index (χ3n) is 4.56. The van der Waals surface area contributed by atoms with E-state index in [4.69, 9.17) is 4.74 Å². The molecule has 30 heavy (non-hydrogen) atoms. The molecule has 160 valence electrons. The highest BCUT2D eigenvalue weighted by Crippen LogP contribution is 2.27. The molecule has 0 aliphatic heterocycles. The molecule has 2 aromatic carbocycles. The van der Waals surface area contributed by atoms with Gasteiger partial charge in [-0.2, -0.15) is 0 Å². The highest BCUT2D eigenvalue weighted by atomic mass is 32.2. The lowest BCUT2D eigenvalue weighted by molar-refractivity contribution is 0.413. The van der Waals surface area contributed by atoms with Gasteiger partial charge in [0.2, 0.25) is 19.9 Å². The van der Waals surface area contributed by atoms with E-state index >= 15 is 0 Å². The fourth-order valence-electron chi connectivity index (χ4n) is 2.91. The molecule has 3 aromatic rings. The Morgan fingerprint density at radius 2 is 1.83 bits per heavy atom. The topological polar surface area (TPSA) is 107 Å². The number of ether oxygens (including phenoxy) is 1. The number of hydrogen-bond acceptors (Lipinski definition) is 6. The Hall–Kier alpha value is -2.69. The standard InChI is InChI=1S/C20H23N3O5S2/c1-16-7-8-19(29(24,25)18-6-3-5-17(13-18)28-2)14-20(16)30(26,27)22-9-4-11-23-12-10-21-15-23/h3,5-8,10,12-15,22H,4,9,11H2,1-2H3. The number of imidazole rings is 1. The Morgan fingerprint density at radius 3 is 2.53 bits per heavy atom. The fourth-order valence-corrected chi connectivity index (χ4v) is 5.65.